The Bertz CT molecular complexity index is 1020. The van der Waals surface area contributed by atoms with Crippen LogP contribution in [0.15, 0.2) is 72.8 Å². The van der Waals surface area contributed by atoms with Crippen molar-refractivity contribution in [3.8, 4) is 0 Å². The fraction of sp³-hybridized carbons (Fsp3) is 0.130. The Hall–Kier alpha value is -3.18. The summed E-state index contributed by atoms with van der Waals surface area (Å²) in [6.45, 7) is 1.78. The number of aryl methyl sites for hydroxylation is 1. The van der Waals surface area contributed by atoms with Gasteiger partial charge in [-0.2, -0.15) is 0 Å². The van der Waals surface area contributed by atoms with Crippen molar-refractivity contribution < 1.29 is 14.0 Å². The molecule has 3 aromatic carbocycles. The molecule has 0 aromatic heterocycles. The lowest BCUT2D eigenvalue weighted by atomic mass is 10.0. The van der Waals surface area contributed by atoms with Gasteiger partial charge in [-0.15, -0.1) is 0 Å². The second-order valence-electron chi connectivity index (χ2n) is 6.63. The minimum Gasteiger partial charge on any atom is -0.345 e. The Balaban J connectivity index is 1.79. The van der Waals surface area contributed by atoms with Crippen molar-refractivity contribution in [1.82, 2.24) is 5.32 Å². The fourth-order valence-electron chi connectivity index (χ4n) is 2.93. The zero-order chi connectivity index (χ0) is 20.8. The van der Waals surface area contributed by atoms with Gasteiger partial charge in [0, 0.05) is 5.69 Å². The van der Waals surface area contributed by atoms with E-state index >= 15 is 0 Å². The van der Waals surface area contributed by atoms with Gasteiger partial charge in [0.15, 0.2) is 0 Å². The Morgan fingerprint density at radius 1 is 1.00 bits per heavy atom. The van der Waals surface area contributed by atoms with E-state index in [0.29, 0.717) is 16.3 Å². The van der Waals surface area contributed by atoms with Crippen LogP contribution in [0.4, 0.5) is 10.1 Å². The van der Waals surface area contributed by atoms with Crippen LogP contribution in [0.5, 0.6) is 0 Å². The summed E-state index contributed by atoms with van der Waals surface area (Å²) in [5.74, 6) is -1.15. The van der Waals surface area contributed by atoms with E-state index in [-0.39, 0.29) is 18.2 Å². The third-order valence-electron chi connectivity index (χ3n) is 4.49. The van der Waals surface area contributed by atoms with Crippen molar-refractivity contribution in [1.29, 1.82) is 0 Å². The third-order valence-corrected chi connectivity index (χ3v) is 4.82. The van der Waals surface area contributed by atoms with E-state index in [0.717, 1.165) is 11.1 Å². The van der Waals surface area contributed by atoms with E-state index in [1.807, 2.05) is 30.3 Å². The minimum atomic E-state index is -0.575. The molecule has 1 unspecified atom stereocenters. The first kappa shape index (κ1) is 20.6. The molecule has 3 rings (SSSR count). The van der Waals surface area contributed by atoms with Crippen LogP contribution >= 0.6 is 11.6 Å². The van der Waals surface area contributed by atoms with Crippen molar-refractivity contribution in [2.45, 2.75) is 19.4 Å². The van der Waals surface area contributed by atoms with Crippen LogP contribution in [0.25, 0.3) is 0 Å². The summed E-state index contributed by atoms with van der Waals surface area (Å²) < 4.78 is 13.5. The van der Waals surface area contributed by atoms with Gasteiger partial charge in [0.25, 0.3) is 5.91 Å². The summed E-state index contributed by atoms with van der Waals surface area (Å²) in [6, 6.07) is 19.5. The van der Waals surface area contributed by atoms with Crippen LogP contribution in [-0.2, 0) is 4.79 Å². The van der Waals surface area contributed by atoms with Crippen molar-refractivity contribution in [2.75, 3.05) is 5.32 Å². The average molecular weight is 411 g/mol. The maximum Gasteiger partial charge on any atom is 0.253 e. The SMILES string of the molecule is Cc1ccc(F)cc1NC(=O)CC(NC(=O)c1ccccc1Cl)c1ccccc1. The Morgan fingerprint density at radius 3 is 2.41 bits per heavy atom. The number of carbonyl (C=O) groups excluding carboxylic acids is 2. The second kappa shape index (κ2) is 9.34. The number of hydrogen-bond donors (Lipinski definition) is 2. The monoisotopic (exact) mass is 410 g/mol. The van der Waals surface area contributed by atoms with Gasteiger partial charge < -0.3 is 10.6 Å². The normalized spacial score (nSPS) is 11.6. The summed E-state index contributed by atoms with van der Waals surface area (Å²) in [5, 5.41) is 5.92. The first-order valence-corrected chi connectivity index (χ1v) is 9.48. The Labute approximate surface area is 173 Å². The zero-order valence-corrected chi connectivity index (χ0v) is 16.5. The maximum atomic E-state index is 13.5. The number of halogens is 2. The second-order valence-corrected chi connectivity index (χ2v) is 7.04. The zero-order valence-electron chi connectivity index (χ0n) is 15.8. The van der Waals surface area contributed by atoms with E-state index in [2.05, 4.69) is 10.6 Å². The molecule has 0 aliphatic heterocycles. The van der Waals surface area contributed by atoms with Crippen LogP contribution < -0.4 is 10.6 Å². The predicted molar refractivity (Wildman–Crippen MR) is 112 cm³/mol. The van der Waals surface area contributed by atoms with E-state index < -0.39 is 11.9 Å². The number of rotatable bonds is 6. The highest BCUT2D eigenvalue weighted by Gasteiger charge is 2.21. The molecule has 0 fully saturated rings. The molecule has 148 valence electrons. The summed E-state index contributed by atoms with van der Waals surface area (Å²) in [6.07, 6.45) is -0.0177. The first-order chi connectivity index (χ1) is 13.9. The minimum absolute atomic E-state index is 0.0177. The van der Waals surface area contributed by atoms with Gasteiger partial charge in [-0.1, -0.05) is 60.1 Å². The Morgan fingerprint density at radius 2 is 1.69 bits per heavy atom. The lowest BCUT2D eigenvalue weighted by molar-refractivity contribution is -0.116. The molecule has 0 radical (unpaired) electrons. The molecule has 2 amide bonds. The molecule has 3 aromatic rings. The van der Waals surface area contributed by atoms with Crippen LogP contribution in [-0.4, -0.2) is 11.8 Å². The highest BCUT2D eigenvalue weighted by molar-refractivity contribution is 6.33. The van der Waals surface area contributed by atoms with Gasteiger partial charge in [-0.25, -0.2) is 4.39 Å². The summed E-state index contributed by atoms with van der Waals surface area (Å²) in [7, 11) is 0. The van der Waals surface area contributed by atoms with Gasteiger partial charge in [0.2, 0.25) is 5.91 Å². The van der Waals surface area contributed by atoms with Crippen LogP contribution in [0.3, 0.4) is 0 Å². The topological polar surface area (TPSA) is 58.2 Å². The van der Waals surface area contributed by atoms with Gasteiger partial charge in [-0.3, -0.25) is 9.59 Å². The molecular formula is C23H20ClFN2O2. The number of anilines is 1. The van der Waals surface area contributed by atoms with E-state index in [9.17, 15) is 14.0 Å². The molecule has 29 heavy (non-hydrogen) atoms. The molecule has 6 heteroatoms. The van der Waals surface area contributed by atoms with Crippen LogP contribution in [0, 0.1) is 12.7 Å². The molecule has 4 nitrogen and oxygen atoms in total. The van der Waals surface area contributed by atoms with Crippen LogP contribution in [0.2, 0.25) is 5.02 Å². The molecule has 1 atom stereocenters. The molecule has 0 bridgehead atoms. The molecule has 0 aliphatic carbocycles. The predicted octanol–water partition coefficient (Wildman–Crippen LogP) is 5.29. The Kier molecular flexibility index (Phi) is 6.62. The standard InChI is InChI=1S/C23H20ClFN2O2/c1-15-11-12-17(25)13-20(15)26-22(28)14-21(16-7-3-2-4-8-16)27-23(29)18-9-5-6-10-19(18)24/h2-13,21H,14H2,1H3,(H,26,28)(H,27,29). The smallest absolute Gasteiger partial charge is 0.253 e. The van der Waals surface area contributed by atoms with Gasteiger partial charge in [0.1, 0.15) is 5.82 Å². The largest absolute Gasteiger partial charge is 0.345 e. The van der Waals surface area contributed by atoms with Gasteiger partial charge in [-0.05, 0) is 42.3 Å². The number of hydrogen-bond acceptors (Lipinski definition) is 2. The molecule has 0 saturated heterocycles. The maximum absolute atomic E-state index is 13.5. The first-order valence-electron chi connectivity index (χ1n) is 9.10. The molecule has 0 saturated carbocycles. The number of nitrogens with one attached hydrogen (secondary N) is 2. The lowest BCUT2D eigenvalue weighted by Crippen LogP contribution is -2.31. The van der Waals surface area contributed by atoms with E-state index in [1.165, 1.54) is 12.1 Å². The summed E-state index contributed by atoms with van der Waals surface area (Å²) in [4.78, 5) is 25.3. The summed E-state index contributed by atoms with van der Waals surface area (Å²) >= 11 is 6.12. The highest BCUT2D eigenvalue weighted by atomic mass is 35.5. The number of carbonyl (C=O) groups is 2. The molecule has 0 aliphatic rings. The van der Waals surface area contributed by atoms with Crippen molar-refractivity contribution in [2.24, 2.45) is 0 Å². The van der Waals surface area contributed by atoms with Gasteiger partial charge >= 0.3 is 0 Å². The van der Waals surface area contributed by atoms with Crippen molar-refractivity contribution in [3.63, 3.8) is 0 Å². The molecule has 2 N–H and O–H groups in total. The fourth-order valence-corrected chi connectivity index (χ4v) is 3.16. The van der Waals surface area contributed by atoms with Crippen LogP contribution in [0.1, 0.15) is 33.9 Å². The summed E-state index contributed by atoms with van der Waals surface area (Å²) in [5.41, 5.74) is 2.26. The number of amides is 2. The highest BCUT2D eigenvalue weighted by Crippen LogP contribution is 2.22. The average Bonchev–Trinajstić information content (AvgIpc) is 2.71. The number of benzene rings is 3. The van der Waals surface area contributed by atoms with Crippen molar-refractivity contribution in [3.05, 3.63) is 100 Å². The van der Waals surface area contributed by atoms with E-state index in [4.69, 9.17) is 11.6 Å². The molecular weight excluding hydrogens is 391 g/mol. The molecule has 0 spiro atoms. The van der Waals surface area contributed by atoms with Crippen molar-refractivity contribution >= 4 is 29.1 Å². The van der Waals surface area contributed by atoms with Gasteiger partial charge in [0.05, 0.1) is 23.0 Å². The quantitative estimate of drug-likeness (QED) is 0.580. The van der Waals surface area contributed by atoms with E-state index in [1.54, 1.807) is 37.3 Å². The molecule has 0 heterocycles. The third kappa shape index (κ3) is 5.42. The lowest BCUT2D eigenvalue weighted by Gasteiger charge is -2.20.